The highest BCUT2D eigenvalue weighted by Gasteiger charge is 2.39. The maximum atomic E-state index is 12.6. The van der Waals surface area contributed by atoms with E-state index in [1.165, 1.54) is 0 Å². The third-order valence-electron chi connectivity index (χ3n) is 4.47. The molecule has 0 fully saturated rings. The molecule has 154 valence electrons. The van der Waals surface area contributed by atoms with E-state index in [1.807, 2.05) is 20.8 Å². The van der Waals surface area contributed by atoms with Crippen LogP contribution in [-0.2, 0) is 19.1 Å². The van der Waals surface area contributed by atoms with E-state index in [1.54, 1.807) is 27.7 Å². The zero-order chi connectivity index (χ0) is 20.5. The molecule has 0 aliphatic heterocycles. The monoisotopic (exact) mass is 374 g/mol. The first kappa shape index (κ1) is 24.9. The van der Waals surface area contributed by atoms with E-state index in [0.717, 1.165) is 12.8 Å². The van der Waals surface area contributed by atoms with Crippen molar-refractivity contribution >= 4 is 11.9 Å². The third-order valence-corrected chi connectivity index (χ3v) is 4.47. The molecule has 0 amide bonds. The second kappa shape index (κ2) is 10.9. The molecule has 6 heteroatoms. The Bertz CT molecular complexity index is 438. The summed E-state index contributed by atoms with van der Waals surface area (Å²) in [5, 5.41) is 20.4. The summed E-state index contributed by atoms with van der Waals surface area (Å²) in [6, 6.07) is 0. The average Bonchev–Trinajstić information content (AvgIpc) is 2.50. The van der Waals surface area contributed by atoms with Crippen LogP contribution in [-0.4, -0.2) is 45.6 Å². The Morgan fingerprint density at radius 2 is 1.38 bits per heavy atom. The number of carbonyl (C=O) groups excluding carboxylic acids is 2. The fraction of sp³-hybridized carbons (Fsp3) is 0.900. The molecule has 2 N–H and O–H groups in total. The quantitative estimate of drug-likeness (QED) is 0.402. The highest BCUT2D eigenvalue weighted by molar-refractivity contribution is 5.95. The van der Waals surface area contributed by atoms with Crippen molar-refractivity contribution in [1.82, 2.24) is 0 Å². The van der Waals surface area contributed by atoms with Crippen LogP contribution in [0.25, 0.3) is 0 Å². The van der Waals surface area contributed by atoms with Crippen LogP contribution in [0.1, 0.15) is 87.0 Å². The van der Waals surface area contributed by atoms with Crippen LogP contribution in [0, 0.1) is 5.92 Å². The second-order valence-electron chi connectivity index (χ2n) is 8.04. The molecule has 0 heterocycles. The number of hydrogen-bond donors (Lipinski definition) is 2. The molecule has 0 aromatic heterocycles. The third kappa shape index (κ3) is 8.04. The molecule has 0 aromatic carbocycles. The molecule has 6 nitrogen and oxygen atoms in total. The van der Waals surface area contributed by atoms with Crippen LogP contribution in [0.15, 0.2) is 0 Å². The van der Waals surface area contributed by atoms with Gasteiger partial charge in [0.1, 0.15) is 11.7 Å². The first-order valence-electron chi connectivity index (χ1n) is 9.74. The van der Waals surface area contributed by atoms with E-state index in [4.69, 9.17) is 9.47 Å². The van der Waals surface area contributed by atoms with Crippen LogP contribution in [0.5, 0.6) is 0 Å². The van der Waals surface area contributed by atoms with Crippen LogP contribution in [0.4, 0.5) is 0 Å². The van der Waals surface area contributed by atoms with E-state index < -0.39 is 41.3 Å². The number of carbonyl (C=O) groups is 2. The topological polar surface area (TPSA) is 93.1 Å². The highest BCUT2D eigenvalue weighted by atomic mass is 16.6. The first-order valence-corrected chi connectivity index (χ1v) is 9.74. The van der Waals surface area contributed by atoms with E-state index in [0.29, 0.717) is 25.7 Å². The van der Waals surface area contributed by atoms with Gasteiger partial charge in [0, 0.05) is 0 Å². The fourth-order valence-corrected chi connectivity index (χ4v) is 2.68. The van der Waals surface area contributed by atoms with Crippen molar-refractivity contribution < 1.29 is 29.3 Å². The zero-order valence-corrected chi connectivity index (χ0v) is 17.5. The number of esters is 2. The predicted octanol–water partition coefficient (Wildman–Crippen LogP) is 3.37. The first-order chi connectivity index (χ1) is 11.9. The SMILES string of the molecule is CCCC(C(=O)OC(CCC)C(C)(C)O)C(=O)OC(C)(C)C(O)CCC. The minimum absolute atomic E-state index is 0.294. The number of ether oxygens (including phenoxy) is 2. The van der Waals surface area contributed by atoms with Gasteiger partial charge in [0.25, 0.3) is 0 Å². The molecule has 3 unspecified atom stereocenters. The van der Waals surface area contributed by atoms with Gasteiger partial charge in [-0.2, -0.15) is 0 Å². The molecule has 0 radical (unpaired) electrons. The summed E-state index contributed by atoms with van der Waals surface area (Å²) in [4.78, 5) is 25.2. The summed E-state index contributed by atoms with van der Waals surface area (Å²) in [6.45, 7) is 12.2. The van der Waals surface area contributed by atoms with Gasteiger partial charge in [0.2, 0.25) is 0 Å². The van der Waals surface area contributed by atoms with Crippen molar-refractivity contribution in [3.8, 4) is 0 Å². The molecule has 0 aliphatic carbocycles. The number of hydrogen-bond acceptors (Lipinski definition) is 6. The molecule has 26 heavy (non-hydrogen) atoms. The lowest BCUT2D eigenvalue weighted by Crippen LogP contribution is -2.45. The van der Waals surface area contributed by atoms with E-state index in [2.05, 4.69) is 0 Å². The number of aliphatic hydroxyl groups is 2. The zero-order valence-electron chi connectivity index (χ0n) is 17.5. The number of rotatable bonds is 12. The van der Waals surface area contributed by atoms with Crippen LogP contribution < -0.4 is 0 Å². The van der Waals surface area contributed by atoms with Gasteiger partial charge in [0.15, 0.2) is 5.92 Å². The van der Waals surface area contributed by atoms with Crippen LogP contribution >= 0.6 is 0 Å². The van der Waals surface area contributed by atoms with Gasteiger partial charge >= 0.3 is 11.9 Å². The van der Waals surface area contributed by atoms with Crippen molar-refractivity contribution in [3.63, 3.8) is 0 Å². The normalized spacial score (nSPS) is 15.9. The lowest BCUT2D eigenvalue weighted by atomic mass is 9.96. The molecule has 0 aromatic rings. The molecule has 0 saturated carbocycles. The van der Waals surface area contributed by atoms with Crippen molar-refractivity contribution in [1.29, 1.82) is 0 Å². The smallest absolute Gasteiger partial charge is 0.320 e. The lowest BCUT2D eigenvalue weighted by Gasteiger charge is -2.33. The Morgan fingerprint density at radius 1 is 0.885 bits per heavy atom. The molecule has 0 aliphatic rings. The van der Waals surface area contributed by atoms with Gasteiger partial charge in [-0.3, -0.25) is 9.59 Å². The Labute approximate surface area is 158 Å². The molecule has 0 rings (SSSR count). The van der Waals surface area contributed by atoms with Gasteiger partial charge in [0.05, 0.1) is 11.7 Å². The Hall–Kier alpha value is -1.14. The molecule has 0 saturated heterocycles. The average molecular weight is 375 g/mol. The van der Waals surface area contributed by atoms with Crippen molar-refractivity contribution in [2.24, 2.45) is 5.92 Å². The fourth-order valence-electron chi connectivity index (χ4n) is 2.68. The van der Waals surface area contributed by atoms with Gasteiger partial charge in [-0.05, 0) is 47.0 Å². The van der Waals surface area contributed by atoms with Crippen LogP contribution in [0.2, 0.25) is 0 Å². The van der Waals surface area contributed by atoms with Crippen LogP contribution in [0.3, 0.4) is 0 Å². The largest absolute Gasteiger partial charge is 0.459 e. The molecule has 3 atom stereocenters. The predicted molar refractivity (Wildman–Crippen MR) is 101 cm³/mol. The highest BCUT2D eigenvalue weighted by Crippen LogP contribution is 2.25. The molecular formula is C20H38O6. The minimum atomic E-state index is -1.19. The Kier molecular flexibility index (Phi) is 10.4. The standard InChI is InChI=1S/C20H38O6/c1-8-11-14(17(22)25-16(13-10-3)19(4,5)24)18(23)26-20(6,7)15(21)12-9-2/h14-16,21,24H,8-13H2,1-7H3. The van der Waals surface area contributed by atoms with Gasteiger partial charge in [-0.1, -0.05) is 40.0 Å². The van der Waals surface area contributed by atoms with Crippen molar-refractivity contribution in [2.75, 3.05) is 0 Å². The minimum Gasteiger partial charge on any atom is -0.459 e. The van der Waals surface area contributed by atoms with E-state index in [9.17, 15) is 19.8 Å². The maximum Gasteiger partial charge on any atom is 0.320 e. The summed E-state index contributed by atoms with van der Waals surface area (Å²) < 4.78 is 10.9. The van der Waals surface area contributed by atoms with Crippen molar-refractivity contribution in [2.45, 2.75) is 110 Å². The Morgan fingerprint density at radius 3 is 1.81 bits per heavy atom. The van der Waals surface area contributed by atoms with Crippen molar-refractivity contribution in [3.05, 3.63) is 0 Å². The van der Waals surface area contributed by atoms with E-state index in [-0.39, 0.29) is 0 Å². The summed E-state index contributed by atoms with van der Waals surface area (Å²) in [6.07, 6.45) is 1.90. The lowest BCUT2D eigenvalue weighted by molar-refractivity contribution is -0.185. The number of aliphatic hydroxyl groups excluding tert-OH is 1. The Balaban J connectivity index is 5.20. The van der Waals surface area contributed by atoms with E-state index >= 15 is 0 Å². The van der Waals surface area contributed by atoms with Gasteiger partial charge < -0.3 is 19.7 Å². The molecule has 0 bridgehead atoms. The summed E-state index contributed by atoms with van der Waals surface area (Å²) in [7, 11) is 0. The molecule has 0 spiro atoms. The summed E-state index contributed by atoms with van der Waals surface area (Å²) in [5.41, 5.74) is -2.28. The molecular weight excluding hydrogens is 336 g/mol. The summed E-state index contributed by atoms with van der Waals surface area (Å²) >= 11 is 0. The van der Waals surface area contributed by atoms with Gasteiger partial charge in [-0.15, -0.1) is 0 Å². The summed E-state index contributed by atoms with van der Waals surface area (Å²) in [5.74, 6) is -2.43. The maximum absolute atomic E-state index is 12.6. The second-order valence-corrected chi connectivity index (χ2v) is 8.04. The van der Waals surface area contributed by atoms with Gasteiger partial charge in [-0.25, -0.2) is 0 Å².